The van der Waals surface area contributed by atoms with Crippen LogP contribution in [0.1, 0.15) is 92.4 Å². The van der Waals surface area contributed by atoms with Gasteiger partial charge in [-0.2, -0.15) is 0 Å². The van der Waals surface area contributed by atoms with E-state index >= 15 is 0 Å². The van der Waals surface area contributed by atoms with Crippen LogP contribution in [0.5, 0.6) is 0 Å². The van der Waals surface area contributed by atoms with Crippen molar-refractivity contribution >= 4 is 21.9 Å². The van der Waals surface area contributed by atoms with Crippen LogP contribution in [0.3, 0.4) is 0 Å². The summed E-state index contributed by atoms with van der Waals surface area (Å²) in [7, 11) is 0. The summed E-state index contributed by atoms with van der Waals surface area (Å²) < 4.78 is 12.4. The largest absolute Gasteiger partial charge is 0.463 e. The molecule has 0 spiro atoms. The maximum absolute atomic E-state index is 11.9. The first-order valence-corrected chi connectivity index (χ1v) is 11.3. The van der Waals surface area contributed by atoms with E-state index in [-0.39, 0.29) is 23.1 Å². The van der Waals surface area contributed by atoms with Crippen LogP contribution in [0.2, 0.25) is 0 Å². The van der Waals surface area contributed by atoms with Crippen LogP contribution >= 0.6 is 15.9 Å². The molecule has 2 unspecified atom stereocenters. The smallest absolute Gasteiger partial charge is 0.330 e. The fraction of sp³-hybridized carbons (Fsp3) is 0.783. The van der Waals surface area contributed by atoms with Crippen molar-refractivity contribution < 1.29 is 14.3 Å². The molecule has 0 aromatic carbocycles. The van der Waals surface area contributed by atoms with Gasteiger partial charge in [0.15, 0.2) is 0 Å². The Morgan fingerprint density at radius 3 is 2.56 bits per heavy atom. The highest BCUT2D eigenvalue weighted by atomic mass is 79.9. The van der Waals surface area contributed by atoms with E-state index in [0.29, 0.717) is 6.61 Å². The van der Waals surface area contributed by atoms with Crippen LogP contribution < -0.4 is 0 Å². The molecule has 0 aliphatic carbocycles. The molecule has 0 bridgehead atoms. The highest BCUT2D eigenvalue weighted by molar-refractivity contribution is 9.11. The lowest BCUT2D eigenvalue weighted by Crippen LogP contribution is -2.17. The molecule has 0 aromatic rings. The van der Waals surface area contributed by atoms with Crippen LogP contribution in [0.15, 0.2) is 22.7 Å². The Morgan fingerprint density at radius 1 is 1.22 bits per heavy atom. The number of ether oxygens (including phenoxy) is 2. The molecule has 4 heteroatoms. The molecule has 0 saturated carbocycles. The van der Waals surface area contributed by atoms with Gasteiger partial charge in [-0.15, -0.1) is 0 Å². The third-order valence-corrected chi connectivity index (χ3v) is 5.55. The second-order valence-electron chi connectivity index (χ2n) is 8.71. The first-order chi connectivity index (χ1) is 12.7. The highest BCUT2D eigenvalue weighted by Gasteiger charge is 2.52. The number of carbonyl (C=O) groups excluding carboxylic acids is 1. The zero-order valence-electron chi connectivity index (χ0n) is 18.0. The summed E-state index contributed by atoms with van der Waals surface area (Å²) in [6, 6.07) is 0. The predicted octanol–water partition coefficient (Wildman–Crippen LogP) is 7.10. The monoisotopic (exact) mass is 442 g/mol. The van der Waals surface area contributed by atoms with Crippen molar-refractivity contribution in [3.8, 4) is 0 Å². The fourth-order valence-electron chi connectivity index (χ4n) is 3.27. The zero-order valence-corrected chi connectivity index (χ0v) is 19.6. The van der Waals surface area contributed by atoms with Crippen LogP contribution in [-0.4, -0.2) is 24.3 Å². The van der Waals surface area contributed by atoms with Gasteiger partial charge < -0.3 is 9.47 Å². The van der Waals surface area contributed by atoms with E-state index in [4.69, 9.17) is 9.47 Å². The van der Waals surface area contributed by atoms with Crippen LogP contribution in [0.25, 0.3) is 0 Å². The van der Waals surface area contributed by atoms with Crippen molar-refractivity contribution in [2.45, 2.75) is 104 Å². The Morgan fingerprint density at radius 2 is 1.89 bits per heavy atom. The lowest BCUT2D eigenvalue weighted by molar-refractivity contribution is -0.137. The van der Waals surface area contributed by atoms with Gasteiger partial charge in [0.25, 0.3) is 0 Å². The van der Waals surface area contributed by atoms with Crippen molar-refractivity contribution in [2.24, 2.45) is 5.41 Å². The molecule has 0 N–H and O–H groups in total. The number of esters is 1. The first-order valence-electron chi connectivity index (χ1n) is 10.5. The summed E-state index contributed by atoms with van der Waals surface area (Å²) in [6.45, 7) is 11.3. The van der Waals surface area contributed by atoms with Crippen LogP contribution in [0.4, 0.5) is 0 Å². The zero-order chi connectivity index (χ0) is 20.3. The van der Waals surface area contributed by atoms with Gasteiger partial charge in [0.2, 0.25) is 0 Å². The summed E-state index contributed by atoms with van der Waals surface area (Å²) in [5.74, 6) is -0.228. The third kappa shape index (κ3) is 11.1. The molecule has 156 valence electrons. The van der Waals surface area contributed by atoms with Gasteiger partial charge in [0.05, 0.1) is 18.3 Å². The van der Waals surface area contributed by atoms with E-state index in [9.17, 15) is 4.79 Å². The summed E-state index contributed by atoms with van der Waals surface area (Å²) in [6.07, 6.45) is 16.2. The van der Waals surface area contributed by atoms with Crippen molar-refractivity contribution in [1.29, 1.82) is 0 Å². The van der Waals surface area contributed by atoms with Crippen molar-refractivity contribution in [3.63, 3.8) is 0 Å². The number of rotatable bonds is 14. The van der Waals surface area contributed by atoms with Gasteiger partial charge in [0.1, 0.15) is 0 Å². The minimum Gasteiger partial charge on any atom is -0.463 e. The van der Waals surface area contributed by atoms with E-state index in [1.165, 1.54) is 30.2 Å². The van der Waals surface area contributed by atoms with Gasteiger partial charge in [-0.1, -0.05) is 81.0 Å². The summed E-state index contributed by atoms with van der Waals surface area (Å²) >= 11 is 3.46. The molecule has 3 nitrogen and oxygen atoms in total. The Hall–Kier alpha value is -0.610. The SMILES string of the molecule is CCCCCCCCOC(=O)C=CC(C)(C)CC1OC1(C)CCC=C(C)Br. The quantitative estimate of drug-likeness (QED) is 0.124. The third-order valence-electron chi connectivity index (χ3n) is 5.23. The van der Waals surface area contributed by atoms with Crippen molar-refractivity contribution in [2.75, 3.05) is 6.61 Å². The highest BCUT2D eigenvalue weighted by Crippen LogP contribution is 2.46. The molecule has 1 aliphatic rings. The van der Waals surface area contributed by atoms with E-state index in [0.717, 1.165) is 32.1 Å². The van der Waals surface area contributed by atoms with E-state index in [2.05, 4.69) is 49.7 Å². The lowest BCUT2D eigenvalue weighted by atomic mass is 9.83. The molecule has 1 aliphatic heterocycles. The molecule has 1 saturated heterocycles. The molecular formula is C23H39BrO3. The lowest BCUT2D eigenvalue weighted by Gasteiger charge is -2.19. The molecule has 1 rings (SSSR count). The van der Waals surface area contributed by atoms with E-state index < -0.39 is 0 Å². The fourth-order valence-corrected chi connectivity index (χ4v) is 3.50. The summed E-state index contributed by atoms with van der Waals surface area (Å²) in [5, 5.41) is 0. The van der Waals surface area contributed by atoms with Crippen molar-refractivity contribution in [3.05, 3.63) is 22.7 Å². The molecule has 2 atom stereocenters. The number of carbonyl (C=O) groups is 1. The molecule has 1 heterocycles. The molecule has 0 aromatic heterocycles. The Kier molecular flexibility index (Phi) is 10.9. The van der Waals surface area contributed by atoms with Crippen LogP contribution in [0, 0.1) is 5.41 Å². The van der Waals surface area contributed by atoms with Gasteiger partial charge in [-0.3, -0.25) is 0 Å². The number of hydrogen-bond acceptors (Lipinski definition) is 3. The number of epoxide rings is 1. The predicted molar refractivity (Wildman–Crippen MR) is 117 cm³/mol. The second-order valence-corrected chi connectivity index (χ2v) is 9.96. The summed E-state index contributed by atoms with van der Waals surface area (Å²) in [4.78, 5) is 11.9. The van der Waals surface area contributed by atoms with Crippen LogP contribution in [-0.2, 0) is 14.3 Å². The van der Waals surface area contributed by atoms with E-state index in [1.54, 1.807) is 6.08 Å². The molecule has 27 heavy (non-hydrogen) atoms. The maximum atomic E-state index is 11.9. The normalized spacial score (nSPS) is 23.0. The molecule has 1 fully saturated rings. The standard InChI is InChI=1S/C23H39BrO3/c1-6-7-8-9-10-11-17-26-21(25)14-16-22(3,4)18-20-23(5,27-20)15-12-13-19(2)24/h13-14,16,20H,6-12,15,17-18H2,1-5H3. The van der Waals surface area contributed by atoms with Gasteiger partial charge in [-0.05, 0) is 49.4 Å². The van der Waals surface area contributed by atoms with Gasteiger partial charge >= 0.3 is 5.97 Å². The Balaban J connectivity index is 2.23. The Bertz CT molecular complexity index is 506. The number of halogens is 1. The minimum absolute atomic E-state index is 0.0255. The molecule has 0 amide bonds. The average Bonchev–Trinajstić information content (AvgIpc) is 3.20. The average molecular weight is 443 g/mol. The first kappa shape index (κ1) is 24.4. The summed E-state index contributed by atoms with van der Waals surface area (Å²) in [5.41, 5.74) is -0.106. The van der Waals surface area contributed by atoms with Gasteiger partial charge in [0, 0.05) is 6.08 Å². The number of allylic oxidation sites excluding steroid dienone is 3. The maximum Gasteiger partial charge on any atom is 0.330 e. The second kappa shape index (κ2) is 12.1. The van der Waals surface area contributed by atoms with Crippen molar-refractivity contribution in [1.82, 2.24) is 0 Å². The Labute approximate surface area is 175 Å². The molecule has 0 radical (unpaired) electrons. The number of unbranched alkanes of at least 4 members (excludes halogenated alkanes) is 5. The topological polar surface area (TPSA) is 38.8 Å². The van der Waals surface area contributed by atoms with E-state index in [1.807, 2.05) is 13.0 Å². The molecular weight excluding hydrogens is 404 g/mol. The number of hydrogen-bond donors (Lipinski definition) is 0. The van der Waals surface area contributed by atoms with Gasteiger partial charge in [-0.25, -0.2) is 4.79 Å². The minimum atomic E-state index is -0.228.